The maximum Gasteiger partial charge on any atom is 0.162 e. The number of rotatable bonds is 10. The third kappa shape index (κ3) is 10.8. The Morgan fingerprint density at radius 3 is 2.58 bits per heavy atom. The molecule has 0 bridgehead atoms. The molecule has 3 heteroatoms. The summed E-state index contributed by atoms with van der Waals surface area (Å²) in [5.74, 6) is 0.121. The van der Waals surface area contributed by atoms with E-state index in [0.29, 0.717) is 12.5 Å². The summed E-state index contributed by atoms with van der Waals surface area (Å²) >= 11 is 0. The molecule has 0 heterocycles. The van der Waals surface area contributed by atoms with Gasteiger partial charge in [-0.25, -0.2) is 0 Å². The predicted molar refractivity (Wildman–Crippen MR) is 80.0 cm³/mol. The van der Waals surface area contributed by atoms with Gasteiger partial charge in [0, 0.05) is 7.11 Å². The average Bonchev–Trinajstić information content (AvgIpc) is 2.36. The van der Waals surface area contributed by atoms with Gasteiger partial charge in [0.25, 0.3) is 0 Å². The van der Waals surface area contributed by atoms with E-state index in [0.717, 1.165) is 25.0 Å². The molecule has 0 aliphatic heterocycles. The lowest BCUT2D eigenvalue weighted by Gasteiger charge is -2.24. The van der Waals surface area contributed by atoms with Crippen molar-refractivity contribution >= 4 is 0 Å². The van der Waals surface area contributed by atoms with E-state index >= 15 is 0 Å². The zero-order valence-electron chi connectivity index (χ0n) is 13.4. The molecule has 0 amide bonds. The number of methoxy groups -OCH3 is 1. The molecule has 0 aliphatic rings. The van der Waals surface area contributed by atoms with Gasteiger partial charge in [0.15, 0.2) is 5.79 Å². The molecular formula is C16H30O3. The van der Waals surface area contributed by atoms with Gasteiger partial charge in [-0.05, 0) is 52.0 Å². The molecule has 0 aliphatic carbocycles. The van der Waals surface area contributed by atoms with Crippen LogP contribution < -0.4 is 0 Å². The third-order valence-electron chi connectivity index (χ3n) is 2.91. The van der Waals surface area contributed by atoms with Crippen molar-refractivity contribution in [2.45, 2.75) is 53.2 Å². The Morgan fingerprint density at radius 1 is 1.32 bits per heavy atom. The van der Waals surface area contributed by atoms with E-state index in [1.54, 1.807) is 13.4 Å². The normalized spacial score (nSPS) is 14.9. The Labute approximate surface area is 118 Å². The second-order valence-corrected chi connectivity index (χ2v) is 5.30. The summed E-state index contributed by atoms with van der Waals surface area (Å²) in [5.41, 5.74) is 1.14. The average molecular weight is 270 g/mol. The Hall–Kier alpha value is -0.800. The topological polar surface area (TPSA) is 27.7 Å². The monoisotopic (exact) mass is 270 g/mol. The zero-order chi connectivity index (χ0) is 14.7. The van der Waals surface area contributed by atoms with Crippen LogP contribution in [0.25, 0.3) is 0 Å². The molecule has 0 aromatic rings. The summed E-state index contributed by atoms with van der Waals surface area (Å²) in [6, 6.07) is 0. The number of ether oxygens (including phenoxy) is 3. The van der Waals surface area contributed by atoms with E-state index < -0.39 is 5.79 Å². The number of hydrogen-bond donors (Lipinski definition) is 0. The molecule has 0 aromatic heterocycles. The third-order valence-corrected chi connectivity index (χ3v) is 2.91. The first-order valence-electron chi connectivity index (χ1n) is 7.05. The molecule has 1 atom stereocenters. The SMILES string of the molecule is CCOC=C(C)C=CCC(C)CCOC(C)(C)OC. The van der Waals surface area contributed by atoms with Crippen molar-refractivity contribution in [2.75, 3.05) is 20.3 Å². The second kappa shape index (κ2) is 10.0. The van der Waals surface area contributed by atoms with Crippen LogP contribution in [0.3, 0.4) is 0 Å². The molecule has 1 unspecified atom stereocenters. The maximum atomic E-state index is 5.65. The Morgan fingerprint density at radius 2 is 2.00 bits per heavy atom. The molecule has 0 rings (SSSR count). The molecule has 3 nitrogen and oxygen atoms in total. The highest BCUT2D eigenvalue weighted by Gasteiger charge is 2.16. The molecule has 0 N–H and O–H groups in total. The molecule has 0 saturated carbocycles. The van der Waals surface area contributed by atoms with E-state index in [9.17, 15) is 0 Å². The molecule has 0 fully saturated rings. The van der Waals surface area contributed by atoms with Crippen molar-refractivity contribution in [3.63, 3.8) is 0 Å². The van der Waals surface area contributed by atoms with Gasteiger partial charge < -0.3 is 14.2 Å². The highest BCUT2D eigenvalue weighted by atomic mass is 16.7. The molecule has 0 aromatic carbocycles. The second-order valence-electron chi connectivity index (χ2n) is 5.30. The molecule has 0 radical (unpaired) electrons. The molecule has 0 spiro atoms. The fourth-order valence-corrected chi connectivity index (χ4v) is 1.42. The maximum absolute atomic E-state index is 5.65. The van der Waals surface area contributed by atoms with Crippen LogP contribution >= 0.6 is 0 Å². The fourth-order valence-electron chi connectivity index (χ4n) is 1.42. The summed E-state index contributed by atoms with van der Waals surface area (Å²) in [7, 11) is 1.67. The van der Waals surface area contributed by atoms with Crippen molar-refractivity contribution < 1.29 is 14.2 Å². The van der Waals surface area contributed by atoms with Gasteiger partial charge in [-0.1, -0.05) is 19.1 Å². The van der Waals surface area contributed by atoms with E-state index in [4.69, 9.17) is 14.2 Å². The van der Waals surface area contributed by atoms with Gasteiger partial charge in [-0.15, -0.1) is 0 Å². The van der Waals surface area contributed by atoms with Gasteiger partial charge in [-0.2, -0.15) is 0 Å². The first-order valence-corrected chi connectivity index (χ1v) is 7.05. The molecule has 0 saturated heterocycles. The zero-order valence-corrected chi connectivity index (χ0v) is 13.4. The first kappa shape index (κ1) is 18.2. The van der Waals surface area contributed by atoms with Crippen LogP contribution in [0, 0.1) is 5.92 Å². The van der Waals surface area contributed by atoms with Crippen LogP contribution in [0.1, 0.15) is 47.5 Å². The lowest BCUT2D eigenvalue weighted by molar-refractivity contribution is -0.198. The largest absolute Gasteiger partial charge is 0.501 e. The minimum atomic E-state index is -0.480. The van der Waals surface area contributed by atoms with Crippen molar-refractivity contribution in [1.82, 2.24) is 0 Å². The Balaban J connectivity index is 3.81. The standard InChI is InChI=1S/C16H30O3/c1-7-18-13-15(3)10-8-9-14(2)11-12-19-16(4,5)17-6/h8,10,13-14H,7,9,11-12H2,1-6H3. The Bertz CT molecular complexity index is 280. The lowest BCUT2D eigenvalue weighted by atomic mass is 10.0. The summed E-state index contributed by atoms with van der Waals surface area (Å²) in [6.45, 7) is 11.6. The van der Waals surface area contributed by atoms with Gasteiger partial charge in [0.1, 0.15) is 0 Å². The predicted octanol–water partition coefficient (Wildman–Crippen LogP) is 4.30. The van der Waals surface area contributed by atoms with Crippen LogP contribution in [0.15, 0.2) is 24.0 Å². The van der Waals surface area contributed by atoms with Crippen molar-refractivity contribution in [3.8, 4) is 0 Å². The van der Waals surface area contributed by atoms with Crippen molar-refractivity contribution in [2.24, 2.45) is 5.92 Å². The smallest absolute Gasteiger partial charge is 0.162 e. The van der Waals surface area contributed by atoms with Crippen LogP contribution in [0.4, 0.5) is 0 Å². The quantitative estimate of drug-likeness (QED) is 0.336. The molecule has 112 valence electrons. The van der Waals surface area contributed by atoms with E-state index in [1.165, 1.54) is 0 Å². The highest BCUT2D eigenvalue weighted by Crippen LogP contribution is 2.14. The molecular weight excluding hydrogens is 240 g/mol. The summed E-state index contributed by atoms with van der Waals surface area (Å²) < 4.78 is 16.1. The van der Waals surface area contributed by atoms with E-state index in [2.05, 4.69) is 19.1 Å². The summed E-state index contributed by atoms with van der Waals surface area (Å²) in [4.78, 5) is 0. The van der Waals surface area contributed by atoms with Crippen LogP contribution in [-0.4, -0.2) is 26.1 Å². The van der Waals surface area contributed by atoms with Crippen LogP contribution in [0.5, 0.6) is 0 Å². The summed E-state index contributed by atoms with van der Waals surface area (Å²) in [5, 5.41) is 0. The molecule has 19 heavy (non-hydrogen) atoms. The van der Waals surface area contributed by atoms with Crippen LogP contribution in [0.2, 0.25) is 0 Å². The van der Waals surface area contributed by atoms with Gasteiger partial charge >= 0.3 is 0 Å². The Kier molecular flexibility index (Phi) is 9.62. The number of hydrogen-bond acceptors (Lipinski definition) is 3. The number of allylic oxidation sites excluding steroid dienone is 3. The van der Waals surface area contributed by atoms with Crippen LogP contribution in [-0.2, 0) is 14.2 Å². The van der Waals surface area contributed by atoms with Gasteiger partial charge in [-0.3, -0.25) is 0 Å². The minimum absolute atomic E-state index is 0.480. The highest BCUT2D eigenvalue weighted by molar-refractivity contribution is 5.13. The summed E-state index contributed by atoms with van der Waals surface area (Å²) in [6.07, 6.45) is 8.17. The lowest BCUT2D eigenvalue weighted by Crippen LogP contribution is -2.27. The van der Waals surface area contributed by atoms with Gasteiger partial charge in [0.2, 0.25) is 0 Å². The van der Waals surface area contributed by atoms with E-state index in [1.807, 2.05) is 27.7 Å². The van der Waals surface area contributed by atoms with Gasteiger partial charge in [0.05, 0.1) is 19.5 Å². The van der Waals surface area contributed by atoms with E-state index in [-0.39, 0.29) is 0 Å². The minimum Gasteiger partial charge on any atom is -0.501 e. The van der Waals surface area contributed by atoms with Crippen molar-refractivity contribution in [3.05, 3.63) is 24.0 Å². The van der Waals surface area contributed by atoms with Crippen molar-refractivity contribution in [1.29, 1.82) is 0 Å². The first-order chi connectivity index (χ1) is 8.91. The fraction of sp³-hybridized carbons (Fsp3) is 0.750.